The van der Waals surface area contributed by atoms with E-state index in [-0.39, 0.29) is 6.29 Å². The first-order valence-corrected chi connectivity index (χ1v) is 10.9. The number of hydrogen-bond donors (Lipinski definition) is 0. The molecule has 1 heterocycles. The fourth-order valence-electron chi connectivity index (χ4n) is 3.44. The molecule has 0 N–H and O–H groups in total. The molecule has 1 aliphatic heterocycles. The van der Waals surface area contributed by atoms with Crippen LogP contribution in [0, 0.1) is 11.8 Å². The maximum atomic E-state index is 5.96. The van der Waals surface area contributed by atoms with Gasteiger partial charge in [-0.15, -0.1) is 0 Å². The van der Waals surface area contributed by atoms with Crippen molar-refractivity contribution in [1.82, 2.24) is 0 Å². The zero-order chi connectivity index (χ0) is 20.3. The van der Waals surface area contributed by atoms with Crippen molar-refractivity contribution in [3.8, 4) is 23.3 Å². The van der Waals surface area contributed by atoms with E-state index in [2.05, 4.69) is 43.0 Å². The summed E-state index contributed by atoms with van der Waals surface area (Å²) in [5.41, 5.74) is 3.32. The smallest absolute Gasteiger partial charge is 0.200 e. The summed E-state index contributed by atoms with van der Waals surface area (Å²) in [5.74, 6) is 7.87. The average Bonchev–Trinajstić information content (AvgIpc) is 2.77. The Hall–Kier alpha value is -2.44. The molecule has 1 unspecified atom stereocenters. The maximum Gasteiger partial charge on any atom is 0.200 e. The first-order chi connectivity index (χ1) is 14.3. The van der Waals surface area contributed by atoms with E-state index < -0.39 is 0 Å². The van der Waals surface area contributed by atoms with Crippen LogP contribution in [0.4, 0.5) is 0 Å². The molecular formula is C26H32O3. The Morgan fingerprint density at radius 2 is 1.72 bits per heavy atom. The quantitative estimate of drug-likeness (QED) is 0.400. The van der Waals surface area contributed by atoms with Gasteiger partial charge in [0.1, 0.15) is 0 Å². The van der Waals surface area contributed by atoms with Crippen LogP contribution < -0.4 is 9.47 Å². The summed E-state index contributed by atoms with van der Waals surface area (Å²) < 4.78 is 17.1. The van der Waals surface area contributed by atoms with Gasteiger partial charge in [-0.05, 0) is 61.6 Å². The van der Waals surface area contributed by atoms with E-state index in [9.17, 15) is 0 Å². The monoisotopic (exact) mass is 392 g/mol. The van der Waals surface area contributed by atoms with Gasteiger partial charge in [0.25, 0.3) is 0 Å². The van der Waals surface area contributed by atoms with Crippen LogP contribution in [0.2, 0.25) is 0 Å². The van der Waals surface area contributed by atoms with Gasteiger partial charge in [0.2, 0.25) is 0 Å². The van der Waals surface area contributed by atoms with Crippen LogP contribution in [0.1, 0.15) is 68.6 Å². The molecule has 0 bridgehead atoms. The first kappa shape index (κ1) is 21.3. The maximum absolute atomic E-state index is 5.96. The number of benzene rings is 2. The molecule has 0 spiro atoms. The summed E-state index contributed by atoms with van der Waals surface area (Å²) in [5, 5.41) is 0. The van der Waals surface area contributed by atoms with Crippen LogP contribution in [0.25, 0.3) is 0 Å². The van der Waals surface area contributed by atoms with Gasteiger partial charge in [0, 0.05) is 17.5 Å². The van der Waals surface area contributed by atoms with Gasteiger partial charge >= 0.3 is 0 Å². The lowest BCUT2D eigenvalue weighted by molar-refractivity contribution is -0.106. The third-order valence-electron chi connectivity index (χ3n) is 5.18. The van der Waals surface area contributed by atoms with Crippen molar-refractivity contribution in [3.63, 3.8) is 0 Å². The van der Waals surface area contributed by atoms with Crippen LogP contribution in [0.3, 0.4) is 0 Å². The molecule has 0 aromatic heterocycles. The van der Waals surface area contributed by atoms with Gasteiger partial charge in [0.05, 0.1) is 13.7 Å². The topological polar surface area (TPSA) is 27.7 Å². The van der Waals surface area contributed by atoms with Crippen molar-refractivity contribution in [2.45, 2.75) is 64.6 Å². The number of unbranched alkanes of at least 4 members (excludes halogenated alkanes) is 3. The van der Waals surface area contributed by atoms with Gasteiger partial charge in [0.15, 0.2) is 17.8 Å². The molecule has 3 heteroatoms. The highest BCUT2D eigenvalue weighted by molar-refractivity contribution is 5.50. The van der Waals surface area contributed by atoms with Crippen molar-refractivity contribution < 1.29 is 14.2 Å². The molecule has 1 fully saturated rings. The lowest BCUT2D eigenvalue weighted by atomic mass is 10.0. The molecule has 2 aromatic rings. The summed E-state index contributed by atoms with van der Waals surface area (Å²) in [6.45, 7) is 3.00. The molecular weight excluding hydrogens is 360 g/mol. The highest BCUT2D eigenvalue weighted by Gasteiger charge is 2.17. The van der Waals surface area contributed by atoms with Crippen molar-refractivity contribution in [2.75, 3.05) is 13.7 Å². The molecule has 2 aromatic carbocycles. The van der Waals surface area contributed by atoms with Crippen molar-refractivity contribution in [3.05, 3.63) is 59.2 Å². The second kappa shape index (κ2) is 11.5. The molecule has 1 atom stereocenters. The predicted molar refractivity (Wildman–Crippen MR) is 117 cm³/mol. The van der Waals surface area contributed by atoms with Gasteiger partial charge in [-0.25, -0.2) is 0 Å². The van der Waals surface area contributed by atoms with Crippen LogP contribution in [-0.4, -0.2) is 20.0 Å². The predicted octanol–water partition coefficient (Wildman–Crippen LogP) is 6.12. The lowest BCUT2D eigenvalue weighted by Gasteiger charge is -2.24. The Balaban J connectivity index is 1.60. The van der Waals surface area contributed by atoms with Crippen LogP contribution in [-0.2, 0) is 11.2 Å². The molecule has 1 saturated heterocycles. The van der Waals surface area contributed by atoms with Crippen LogP contribution >= 0.6 is 0 Å². The van der Waals surface area contributed by atoms with Crippen molar-refractivity contribution >= 4 is 0 Å². The lowest BCUT2D eigenvalue weighted by Crippen LogP contribution is -2.25. The van der Waals surface area contributed by atoms with Gasteiger partial charge in [-0.2, -0.15) is 0 Å². The second-order valence-corrected chi connectivity index (χ2v) is 7.54. The Kier molecular flexibility index (Phi) is 8.46. The second-order valence-electron chi connectivity index (χ2n) is 7.54. The number of aryl methyl sites for hydroxylation is 1. The minimum absolute atomic E-state index is 0.185. The minimum Gasteiger partial charge on any atom is -0.493 e. The van der Waals surface area contributed by atoms with Crippen molar-refractivity contribution in [1.29, 1.82) is 0 Å². The summed E-state index contributed by atoms with van der Waals surface area (Å²) >= 11 is 0. The van der Waals surface area contributed by atoms with E-state index in [0.717, 1.165) is 43.4 Å². The van der Waals surface area contributed by atoms with E-state index in [4.69, 9.17) is 14.2 Å². The van der Waals surface area contributed by atoms with Crippen LogP contribution in [0.5, 0.6) is 11.5 Å². The Bertz CT molecular complexity index is 808. The van der Waals surface area contributed by atoms with E-state index in [1.54, 1.807) is 7.11 Å². The molecule has 1 aliphatic rings. The fourth-order valence-corrected chi connectivity index (χ4v) is 3.44. The highest BCUT2D eigenvalue weighted by Crippen LogP contribution is 2.30. The molecule has 0 amide bonds. The Morgan fingerprint density at radius 1 is 0.931 bits per heavy atom. The van der Waals surface area contributed by atoms with Gasteiger partial charge < -0.3 is 14.2 Å². The molecule has 3 nitrogen and oxygen atoms in total. The van der Waals surface area contributed by atoms with Gasteiger partial charge in [-0.3, -0.25) is 0 Å². The normalized spacial score (nSPS) is 16.0. The van der Waals surface area contributed by atoms with E-state index in [1.807, 2.05) is 18.2 Å². The summed E-state index contributed by atoms with van der Waals surface area (Å²) in [4.78, 5) is 0. The molecule has 3 rings (SSSR count). The number of rotatable bonds is 8. The largest absolute Gasteiger partial charge is 0.493 e. The summed E-state index contributed by atoms with van der Waals surface area (Å²) in [6, 6.07) is 14.4. The van der Waals surface area contributed by atoms with E-state index in [0.29, 0.717) is 11.5 Å². The molecule has 154 valence electrons. The molecule has 0 radical (unpaired) electrons. The number of hydrogen-bond acceptors (Lipinski definition) is 3. The van der Waals surface area contributed by atoms with Crippen molar-refractivity contribution in [2.24, 2.45) is 0 Å². The highest BCUT2D eigenvalue weighted by atomic mass is 16.7. The average molecular weight is 393 g/mol. The van der Waals surface area contributed by atoms with Gasteiger partial charge in [-0.1, -0.05) is 50.2 Å². The number of methoxy groups -OCH3 is 1. The third kappa shape index (κ3) is 6.84. The molecule has 0 aliphatic carbocycles. The standard InChI is InChI=1S/C26H32O3/c1-3-4-5-6-9-21-11-13-22(14-12-21)15-16-23-17-18-24(25(20-23)27-2)29-26-10-7-8-19-28-26/h11-14,17-18,20,26H,3-10,19H2,1-2H3. The Labute approximate surface area is 175 Å². The molecule has 29 heavy (non-hydrogen) atoms. The minimum atomic E-state index is -0.185. The zero-order valence-electron chi connectivity index (χ0n) is 17.7. The zero-order valence-corrected chi connectivity index (χ0v) is 17.7. The number of ether oxygens (including phenoxy) is 3. The Morgan fingerprint density at radius 3 is 2.45 bits per heavy atom. The van der Waals surface area contributed by atoms with Crippen LogP contribution in [0.15, 0.2) is 42.5 Å². The first-order valence-electron chi connectivity index (χ1n) is 10.9. The fraction of sp³-hybridized carbons (Fsp3) is 0.462. The van der Waals surface area contributed by atoms with E-state index >= 15 is 0 Å². The summed E-state index contributed by atoms with van der Waals surface area (Å²) in [6.07, 6.45) is 9.29. The summed E-state index contributed by atoms with van der Waals surface area (Å²) in [7, 11) is 1.65. The molecule has 0 saturated carbocycles. The van der Waals surface area contributed by atoms with E-state index in [1.165, 1.54) is 31.2 Å². The third-order valence-corrected chi connectivity index (χ3v) is 5.18. The SMILES string of the molecule is CCCCCCc1ccc(C#Cc2ccc(OC3CCCCO3)c(OC)c2)cc1.